The Morgan fingerprint density at radius 3 is 2.48 bits per heavy atom. The predicted octanol–water partition coefficient (Wildman–Crippen LogP) is 0.0458. The first-order valence-electron chi connectivity index (χ1n) is 9.43. The molecule has 1 aliphatic carbocycles. The third kappa shape index (κ3) is 5.07. The Labute approximate surface area is 152 Å². The molecule has 0 spiro atoms. The van der Waals surface area contributed by atoms with E-state index >= 15 is 0 Å². The highest BCUT2D eigenvalue weighted by Gasteiger charge is 2.42. The maximum atomic E-state index is 12.7. The van der Waals surface area contributed by atoms with E-state index in [1.807, 2.05) is 14.1 Å². The molecule has 1 aliphatic heterocycles. The van der Waals surface area contributed by atoms with Gasteiger partial charge in [0.25, 0.3) is 0 Å². The van der Waals surface area contributed by atoms with E-state index in [0.29, 0.717) is 12.6 Å². The summed E-state index contributed by atoms with van der Waals surface area (Å²) < 4.78 is 0. The molecule has 1 unspecified atom stereocenters. The van der Waals surface area contributed by atoms with Crippen molar-refractivity contribution in [2.75, 3.05) is 68.0 Å². The van der Waals surface area contributed by atoms with Crippen LogP contribution >= 0.6 is 0 Å². The SMILES string of the molecule is CN=C(NCC1CN(C)CCN1C)NCC1(C(=O)N(C)C)CCCC1. The first-order valence-corrected chi connectivity index (χ1v) is 9.43. The van der Waals surface area contributed by atoms with Crippen LogP contribution < -0.4 is 10.6 Å². The third-order valence-electron chi connectivity index (χ3n) is 5.72. The van der Waals surface area contributed by atoms with Gasteiger partial charge >= 0.3 is 0 Å². The molecule has 1 saturated heterocycles. The van der Waals surface area contributed by atoms with Crippen molar-refractivity contribution in [2.24, 2.45) is 10.4 Å². The van der Waals surface area contributed by atoms with Gasteiger partial charge in [-0.25, -0.2) is 0 Å². The third-order valence-corrected chi connectivity index (χ3v) is 5.72. The van der Waals surface area contributed by atoms with Crippen LogP contribution in [0.5, 0.6) is 0 Å². The van der Waals surface area contributed by atoms with Crippen LogP contribution in [0.4, 0.5) is 0 Å². The van der Waals surface area contributed by atoms with Gasteiger partial charge in [0.2, 0.25) is 5.91 Å². The Hall–Kier alpha value is -1.34. The molecule has 0 aromatic rings. The number of carbonyl (C=O) groups excluding carboxylic acids is 1. The van der Waals surface area contributed by atoms with Crippen molar-refractivity contribution >= 4 is 11.9 Å². The van der Waals surface area contributed by atoms with Crippen molar-refractivity contribution in [3.8, 4) is 0 Å². The first-order chi connectivity index (χ1) is 11.9. The second-order valence-electron chi connectivity index (χ2n) is 7.89. The quantitative estimate of drug-likeness (QED) is 0.541. The van der Waals surface area contributed by atoms with Crippen LogP contribution in [-0.2, 0) is 4.79 Å². The van der Waals surface area contributed by atoms with Crippen molar-refractivity contribution in [1.29, 1.82) is 0 Å². The second-order valence-corrected chi connectivity index (χ2v) is 7.89. The summed E-state index contributed by atoms with van der Waals surface area (Å²) in [4.78, 5) is 23.5. The summed E-state index contributed by atoms with van der Waals surface area (Å²) in [6.07, 6.45) is 4.19. The Kier molecular flexibility index (Phi) is 7.07. The molecule has 1 saturated carbocycles. The van der Waals surface area contributed by atoms with Crippen LogP contribution in [0.1, 0.15) is 25.7 Å². The van der Waals surface area contributed by atoms with Crippen molar-refractivity contribution in [3.63, 3.8) is 0 Å². The molecule has 2 fully saturated rings. The number of carbonyl (C=O) groups is 1. The van der Waals surface area contributed by atoms with E-state index in [-0.39, 0.29) is 11.3 Å². The summed E-state index contributed by atoms with van der Waals surface area (Å²) in [7, 11) is 9.85. The van der Waals surface area contributed by atoms with Gasteiger partial charge in [0.05, 0.1) is 5.41 Å². The molecule has 1 heterocycles. The molecule has 0 radical (unpaired) electrons. The summed E-state index contributed by atoms with van der Waals surface area (Å²) >= 11 is 0. The molecule has 1 atom stereocenters. The van der Waals surface area contributed by atoms with E-state index in [1.165, 1.54) is 0 Å². The lowest BCUT2D eigenvalue weighted by Gasteiger charge is -2.38. The highest BCUT2D eigenvalue weighted by molar-refractivity contribution is 5.85. The number of guanidine groups is 1. The summed E-state index contributed by atoms with van der Waals surface area (Å²) in [6.45, 7) is 4.78. The number of amides is 1. The standard InChI is InChI=1S/C18H36N6O/c1-19-17(20-12-15-13-23(4)10-11-24(15)5)21-14-18(8-6-7-9-18)16(25)22(2)3/h15H,6-14H2,1-5H3,(H2,19,20,21). The number of likely N-dealkylation sites (N-methyl/N-ethyl adjacent to an activating group) is 2. The van der Waals surface area contributed by atoms with Gasteiger partial charge in [0.15, 0.2) is 5.96 Å². The summed E-state index contributed by atoms with van der Waals surface area (Å²) in [6, 6.07) is 0.473. The van der Waals surface area contributed by atoms with Gasteiger partial charge in [-0.15, -0.1) is 0 Å². The van der Waals surface area contributed by atoms with E-state index in [0.717, 1.165) is 57.8 Å². The highest BCUT2D eigenvalue weighted by Crippen LogP contribution is 2.38. The van der Waals surface area contributed by atoms with Gasteiger partial charge in [0.1, 0.15) is 0 Å². The smallest absolute Gasteiger partial charge is 0.230 e. The molecule has 1 amide bonds. The van der Waals surface area contributed by atoms with Gasteiger partial charge in [-0.1, -0.05) is 12.8 Å². The van der Waals surface area contributed by atoms with Gasteiger partial charge in [-0.3, -0.25) is 14.7 Å². The molecule has 2 N–H and O–H groups in total. The Morgan fingerprint density at radius 2 is 1.88 bits per heavy atom. The average molecular weight is 353 g/mol. The summed E-state index contributed by atoms with van der Waals surface area (Å²) in [5, 5.41) is 6.86. The predicted molar refractivity (Wildman–Crippen MR) is 103 cm³/mol. The highest BCUT2D eigenvalue weighted by atomic mass is 16.2. The first kappa shape index (κ1) is 20.0. The van der Waals surface area contributed by atoms with E-state index in [9.17, 15) is 4.79 Å². The molecule has 7 heteroatoms. The van der Waals surface area contributed by atoms with Crippen LogP contribution in [0.15, 0.2) is 4.99 Å². The van der Waals surface area contributed by atoms with Crippen molar-refractivity contribution in [2.45, 2.75) is 31.7 Å². The molecular formula is C18H36N6O. The van der Waals surface area contributed by atoms with E-state index < -0.39 is 0 Å². The van der Waals surface area contributed by atoms with Gasteiger partial charge < -0.3 is 20.4 Å². The van der Waals surface area contributed by atoms with Gasteiger partial charge in [0, 0.05) is 59.9 Å². The summed E-state index contributed by atoms with van der Waals surface area (Å²) in [5.74, 6) is 1.03. The number of piperazine rings is 1. The number of nitrogens with one attached hydrogen (secondary N) is 2. The van der Waals surface area contributed by atoms with E-state index in [4.69, 9.17) is 0 Å². The number of hydrogen-bond acceptors (Lipinski definition) is 4. The molecule has 0 bridgehead atoms. The zero-order valence-corrected chi connectivity index (χ0v) is 16.6. The number of rotatable bonds is 5. The average Bonchev–Trinajstić information content (AvgIpc) is 3.07. The van der Waals surface area contributed by atoms with Gasteiger partial charge in [-0.2, -0.15) is 0 Å². The van der Waals surface area contributed by atoms with E-state index in [1.54, 1.807) is 11.9 Å². The molecule has 0 aromatic carbocycles. The lowest BCUT2D eigenvalue weighted by Crippen LogP contribution is -2.56. The fourth-order valence-corrected chi connectivity index (χ4v) is 4.00. The Balaban J connectivity index is 1.88. The normalized spacial score (nSPS) is 25.0. The molecule has 144 valence electrons. The molecular weight excluding hydrogens is 316 g/mol. The Morgan fingerprint density at radius 1 is 1.20 bits per heavy atom. The van der Waals surface area contributed by atoms with Crippen molar-refractivity contribution in [3.05, 3.63) is 0 Å². The van der Waals surface area contributed by atoms with Crippen LogP contribution in [0.3, 0.4) is 0 Å². The molecule has 0 aromatic heterocycles. The minimum atomic E-state index is -0.275. The fourth-order valence-electron chi connectivity index (χ4n) is 4.00. The zero-order valence-electron chi connectivity index (χ0n) is 16.6. The molecule has 2 rings (SSSR count). The van der Waals surface area contributed by atoms with Crippen molar-refractivity contribution < 1.29 is 4.79 Å². The number of aliphatic imine (C=N–C) groups is 1. The zero-order chi connectivity index (χ0) is 18.4. The topological polar surface area (TPSA) is 63.2 Å². The second kappa shape index (κ2) is 8.85. The molecule has 7 nitrogen and oxygen atoms in total. The van der Waals surface area contributed by atoms with E-state index in [2.05, 4.69) is 39.5 Å². The fraction of sp³-hybridized carbons (Fsp3) is 0.889. The van der Waals surface area contributed by atoms with Crippen LogP contribution in [0.25, 0.3) is 0 Å². The van der Waals surface area contributed by atoms with Crippen LogP contribution in [0, 0.1) is 5.41 Å². The lowest BCUT2D eigenvalue weighted by atomic mass is 9.84. The minimum absolute atomic E-state index is 0.238. The Bertz CT molecular complexity index is 472. The van der Waals surface area contributed by atoms with Crippen molar-refractivity contribution in [1.82, 2.24) is 25.3 Å². The van der Waals surface area contributed by atoms with Gasteiger partial charge in [-0.05, 0) is 26.9 Å². The monoisotopic (exact) mass is 352 g/mol. The molecule has 25 heavy (non-hydrogen) atoms. The lowest BCUT2D eigenvalue weighted by molar-refractivity contribution is -0.138. The largest absolute Gasteiger partial charge is 0.355 e. The summed E-state index contributed by atoms with van der Waals surface area (Å²) in [5.41, 5.74) is -0.275. The molecule has 2 aliphatic rings. The maximum absolute atomic E-state index is 12.7. The number of nitrogens with zero attached hydrogens (tertiary/aromatic N) is 4. The minimum Gasteiger partial charge on any atom is -0.355 e. The number of hydrogen-bond donors (Lipinski definition) is 2. The maximum Gasteiger partial charge on any atom is 0.230 e. The van der Waals surface area contributed by atoms with Crippen LogP contribution in [0.2, 0.25) is 0 Å². The van der Waals surface area contributed by atoms with Crippen LogP contribution in [-0.4, -0.2) is 101 Å².